The van der Waals surface area contributed by atoms with Gasteiger partial charge in [-0.1, -0.05) is 0 Å². The first-order valence-corrected chi connectivity index (χ1v) is 6.99. The first-order valence-electron chi connectivity index (χ1n) is 3.89. The van der Waals surface area contributed by atoms with Gasteiger partial charge in [-0.25, -0.2) is 13.4 Å². The molecule has 0 saturated heterocycles. The van der Waals surface area contributed by atoms with Crippen LogP contribution in [0.4, 0.5) is 13.2 Å². The lowest BCUT2D eigenvalue weighted by Crippen LogP contribution is -2.20. The zero-order chi connectivity index (χ0) is 13.3. The van der Waals surface area contributed by atoms with Gasteiger partial charge < -0.3 is 4.74 Å². The highest BCUT2D eigenvalue weighted by molar-refractivity contribution is 9.10. The summed E-state index contributed by atoms with van der Waals surface area (Å²) in [5.74, 6) is -0.694. The van der Waals surface area contributed by atoms with Gasteiger partial charge in [-0.3, -0.25) is 0 Å². The zero-order valence-electron chi connectivity index (χ0n) is 7.83. The molecule has 0 unspecified atom stereocenters. The quantitative estimate of drug-likeness (QED) is 0.783. The normalized spacial score (nSPS) is 12.5. The van der Waals surface area contributed by atoms with Crippen molar-refractivity contribution in [2.45, 2.75) is 11.1 Å². The second kappa shape index (κ2) is 4.99. The van der Waals surface area contributed by atoms with Crippen molar-refractivity contribution in [1.82, 2.24) is 4.98 Å². The molecule has 0 fully saturated rings. The smallest absolute Gasteiger partial charge is 0.422 e. The van der Waals surface area contributed by atoms with Gasteiger partial charge in [0.15, 0.2) is 6.61 Å². The topological polar surface area (TPSA) is 56.3 Å². The molecular formula is C7H4BrClF3NO3S. The van der Waals surface area contributed by atoms with Crippen LogP contribution in [-0.4, -0.2) is 26.2 Å². The number of hydrogen-bond acceptors (Lipinski definition) is 4. The molecule has 1 aromatic heterocycles. The molecule has 0 spiro atoms. The van der Waals surface area contributed by atoms with E-state index < -0.39 is 32.6 Å². The van der Waals surface area contributed by atoms with Crippen molar-refractivity contribution in [2.75, 3.05) is 6.61 Å². The molecule has 1 aromatic rings. The predicted molar refractivity (Wildman–Crippen MR) is 56.5 cm³/mol. The van der Waals surface area contributed by atoms with Gasteiger partial charge in [0.1, 0.15) is 4.90 Å². The first kappa shape index (κ1) is 14.5. The lowest BCUT2D eigenvalue weighted by molar-refractivity contribution is -0.154. The van der Waals surface area contributed by atoms with Crippen molar-refractivity contribution in [3.63, 3.8) is 0 Å². The highest BCUT2D eigenvalue weighted by Gasteiger charge is 2.30. The number of alkyl halides is 3. The van der Waals surface area contributed by atoms with Crippen LogP contribution in [0, 0.1) is 0 Å². The fourth-order valence-corrected chi connectivity index (χ4v) is 2.24. The minimum absolute atomic E-state index is 0.246. The Bertz CT molecular complexity index is 520. The number of pyridine rings is 1. The van der Waals surface area contributed by atoms with Crippen LogP contribution in [0.15, 0.2) is 21.6 Å². The monoisotopic (exact) mass is 353 g/mol. The third kappa shape index (κ3) is 4.68. The van der Waals surface area contributed by atoms with E-state index in [9.17, 15) is 21.6 Å². The van der Waals surface area contributed by atoms with Crippen LogP contribution in [0.1, 0.15) is 0 Å². The van der Waals surface area contributed by atoms with Gasteiger partial charge in [-0.2, -0.15) is 13.2 Å². The largest absolute Gasteiger partial charge is 0.467 e. The van der Waals surface area contributed by atoms with Crippen molar-refractivity contribution >= 4 is 35.7 Å². The number of aromatic nitrogens is 1. The Kier molecular flexibility index (Phi) is 4.26. The molecular weight excluding hydrogens is 350 g/mol. The molecule has 0 aromatic carbocycles. The summed E-state index contributed by atoms with van der Waals surface area (Å²) in [7, 11) is 0.800. The summed E-state index contributed by atoms with van der Waals surface area (Å²) in [5, 5.41) is 0. The van der Waals surface area contributed by atoms with E-state index in [2.05, 4.69) is 25.7 Å². The fraction of sp³-hybridized carbons (Fsp3) is 0.286. The summed E-state index contributed by atoms with van der Waals surface area (Å²) in [4.78, 5) is 2.79. The first-order chi connectivity index (χ1) is 7.59. The van der Waals surface area contributed by atoms with Gasteiger partial charge in [0.05, 0.1) is 0 Å². The Morgan fingerprint density at radius 1 is 1.47 bits per heavy atom. The van der Waals surface area contributed by atoms with E-state index >= 15 is 0 Å². The van der Waals surface area contributed by atoms with Gasteiger partial charge in [0.25, 0.3) is 9.05 Å². The predicted octanol–water partition coefficient (Wildman–Crippen LogP) is 2.71. The van der Waals surface area contributed by atoms with E-state index in [-0.39, 0.29) is 4.47 Å². The molecule has 0 bridgehead atoms. The standard InChI is InChI=1S/C7H4BrClF3NO3S/c8-4-1-5(17(9,14)15)6(13-2-4)16-3-7(10,11)12/h1-2H,3H2. The van der Waals surface area contributed by atoms with E-state index in [1.807, 2.05) is 0 Å². The highest BCUT2D eigenvalue weighted by Crippen LogP contribution is 2.28. The number of ether oxygens (including phenoxy) is 1. The summed E-state index contributed by atoms with van der Waals surface area (Å²) >= 11 is 2.92. The van der Waals surface area contributed by atoms with Crippen LogP contribution in [0.5, 0.6) is 5.88 Å². The number of rotatable bonds is 3. The average Bonchev–Trinajstić information content (AvgIpc) is 2.13. The minimum Gasteiger partial charge on any atom is -0.467 e. The van der Waals surface area contributed by atoms with E-state index in [4.69, 9.17) is 10.7 Å². The van der Waals surface area contributed by atoms with E-state index in [1.165, 1.54) is 0 Å². The van der Waals surface area contributed by atoms with Crippen molar-refractivity contribution in [1.29, 1.82) is 0 Å². The van der Waals surface area contributed by atoms with E-state index in [0.717, 1.165) is 12.3 Å². The molecule has 0 amide bonds. The molecule has 0 aliphatic heterocycles. The molecule has 1 rings (SSSR count). The summed E-state index contributed by atoms with van der Waals surface area (Å²) in [6, 6.07) is 1.00. The lowest BCUT2D eigenvalue weighted by atomic mass is 10.5. The van der Waals surface area contributed by atoms with Crippen LogP contribution in [0.25, 0.3) is 0 Å². The molecule has 17 heavy (non-hydrogen) atoms. The molecule has 0 aliphatic carbocycles. The second-order valence-corrected chi connectivity index (χ2v) is 6.25. The summed E-state index contributed by atoms with van der Waals surface area (Å²) in [6.45, 7) is -1.65. The summed E-state index contributed by atoms with van der Waals surface area (Å²) < 4.78 is 62.4. The van der Waals surface area contributed by atoms with Gasteiger partial charge in [-0.05, 0) is 22.0 Å². The summed E-state index contributed by atoms with van der Waals surface area (Å²) in [6.07, 6.45) is -3.50. The Morgan fingerprint density at radius 2 is 2.06 bits per heavy atom. The number of nitrogens with zero attached hydrogens (tertiary/aromatic N) is 1. The van der Waals surface area contributed by atoms with Gasteiger partial charge in [0.2, 0.25) is 5.88 Å². The molecule has 0 saturated carbocycles. The van der Waals surface area contributed by atoms with Crippen LogP contribution in [0.3, 0.4) is 0 Å². The van der Waals surface area contributed by atoms with Crippen molar-refractivity contribution in [2.24, 2.45) is 0 Å². The summed E-state index contributed by atoms with van der Waals surface area (Å²) in [5.41, 5.74) is 0. The van der Waals surface area contributed by atoms with Gasteiger partial charge >= 0.3 is 6.18 Å². The minimum atomic E-state index is -4.60. The van der Waals surface area contributed by atoms with Crippen molar-refractivity contribution in [3.8, 4) is 5.88 Å². The van der Waals surface area contributed by atoms with Crippen LogP contribution >= 0.6 is 26.6 Å². The van der Waals surface area contributed by atoms with Crippen LogP contribution in [-0.2, 0) is 9.05 Å². The number of hydrogen-bond donors (Lipinski definition) is 0. The second-order valence-electron chi connectivity index (χ2n) is 2.80. The number of halogens is 5. The maximum atomic E-state index is 11.9. The Labute approximate surface area is 107 Å². The van der Waals surface area contributed by atoms with Crippen molar-refractivity contribution in [3.05, 3.63) is 16.7 Å². The maximum absolute atomic E-state index is 11.9. The SMILES string of the molecule is O=S(=O)(Cl)c1cc(Br)cnc1OCC(F)(F)F. The Morgan fingerprint density at radius 3 is 2.53 bits per heavy atom. The average molecular weight is 355 g/mol. The molecule has 0 aliphatic rings. The van der Waals surface area contributed by atoms with Crippen molar-refractivity contribution < 1.29 is 26.3 Å². The third-order valence-electron chi connectivity index (χ3n) is 1.42. The fourth-order valence-electron chi connectivity index (χ4n) is 0.841. The molecule has 0 N–H and O–H groups in total. The molecule has 0 atom stereocenters. The van der Waals surface area contributed by atoms with Crippen LogP contribution in [0.2, 0.25) is 0 Å². The molecule has 1 heterocycles. The lowest BCUT2D eigenvalue weighted by Gasteiger charge is -2.10. The highest BCUT2D eigenvalue weighted by atomic mass is 79.9. The van der Waals surface area contributed by atoms with Gasteiger partial charge in [-0.15, -0.1) is 0 Å². The molecule has 4 nitrogen and oxygen atoms in total. The Hall–Kier alpha value is -0.540. The third-order valence-corrected chi connectivity index (χ3v) is 3.17. The van der Waals surface area contributed by atoms with E-state index in [0.29, 0.717) is 0 Å². The maximum Gasteiger partial charge on any atom is 0.422 e. The van der Waals surface area contributed by atoms with Gasteiger partial charge in [0, 0.05) is 21.4 Å². The van der Waals surface area contributed by atoms with Crippen LogP contribution < -0.4 is 4.74 Å². The molecule has 10 heteroatoms. The van der Waals surface area contributed by atoms with E-state index in [1.54, 1.807) is 0 Å². The molecule has 96 valence electrons. The zero-order valence-corrected chi connectivity index (χ0v) is 11.0. The molecule has 0 radical (unpaired) electrons. The Balaban J connectivity index is 3.08.